The fourth-order valence-corrected chi connectivity index (χ4v) is 3.69. The molecule has 0 unspecified atom stereocenters. The number of fused-ring (bicyclic) bond motifs is 1. The van der Waals surface area contributed by atoms with Crippen LogP contribution >= 0.6 is 0 Å². The molecule has 6 nitrogen and oxygen atoms in total. The molecule has 6 heteroatoms. The molecule has 1 N–H and O–H groups in total. The number of anilines is 1. The highest BCUT2D eigenvalue weighted by atomic mass is 16.1. The van der Waals surface area contributed by atoms with Crippen LogP contribution in [0.3, 0.4) is 0 Å². The monoisotopic (exact) mass is 375 g/mol. The summed E-state index contributed by atoms with van der Waals surface area (Å²) in [6, 6.07) is 14.5. The number of imidazole rings is 1. The molecule has 0 atom stereocenters. The molecule has 4 aromatic rings. The van der Waals surface area contributed by atoms with Gasteiger partial charge < -0.3 is 5.32 Å². The van der Waals surface area contributed by atoms with Gasteiger partial charge in [0.1, 0.15) is 0 Å². The number of hydrogen-bond acceptors (Lipinski definition) is 3. The molecule has 0 bridgehead atoms. The predicted molar refractivity (Wildman–Crippen MR) is 113 cm³/mol. The largest absolute Gasteiger partial charge is 0.381 e. The van der Waals surface area contributed by atoms with Gasteiger partial charge in [0, 0.05) is 32.0 Å². The van der Waals surface area contributed by atoms with E-state index < -0.39 is 0 Å². The number of benzene rings is 2. The van der Waals surface area contributed by atoms with Crippen molar-refractivity contribution < 1.29 is 0 Å². The molecule has 2 aromatic carbocycles. The summed E-state index contributed by atoms with van der Waals surface area (Å²) >= 11 is 0. The molecule has 0 radical (unpaired) electrons. The van der Waals surface area contributed by atoms with E-state index >= 15 is 0 Å². The van der Waals surface area contributed by atoms with Crippen molar-refractivity contribution in [3.63, 3.8) is 0 Å². The Morgan fingerprint density at radius 1 is 0.929 bits per heavy atom. The molecule has 0 amide bonds. The van der Waals surface area contributed by atoms with E-state index in [4.69, 9.17) is 0 Å². The summed E-state index contributed by atoms with van der Waals surface area (Å²) in [7, 11) is 3.63. The lowest BCUT2D eigenvalue weighted by Crippen LogP contribution is -2.19. The third-order valence-corrected chi connectivity index (χ3v) is 5.33. The van der Waals surface area contributed by atoms with E-state index in [1.54, 1.807) is 9.13 Å². The molecule has 28 heavy (non-hydrogen) atoms. The van der Waals surface area contributed by atoms with E-state index in [1.807, 2.05) is 25.7 Å². The summed E-state index contributed by atoms with van der Waals surface area (Å²) in [5.41, 5.74) is 8.49. The Balaban J connectivity index is 1.56. The first-order valence-electron chi connectivity index (χ1n) is 9.37. The summed E-state index contributed by atoms with van der Waals surface area (Å²) in [6.45, 7) is 6.84. The summed E-state index contributed by atoms with van der Waals surface area (Å²) in [5, 5.41) is 8.01. The summed E-state index contributed by atoms with van der Waals surface area (Å²) in [4.78, 5) is 12.2. The molecular formula is C22H25N5O. The number of aromatic nitrogens is 4. The zero-order valence-electron chi connectivity index (χ0n) is 16.9. The van der Waals surface area contributed by atoms with Crippen LogP contribution < -0.4 is 11.0 Å². The van der Waals surface area contributed by atoms with Crippen molar-refractivity contribution in [2.24, 2.45) is 14.1 Å². The molecule has 0 fully saturated rings. The Morgan fingerprint density at radius 3 is 2.18 bits per heavy atom. The Labute approximate surface area is 164 Å². The van der Waals surface area contributed by atoms with Crippen LogP contribution in [0.25, 0.3) is 16.7 Å². The smallest absolute Gasteiger partial charge is 0.328 e. The number of nitrogens with one attached hydrogen (secondary N) is 1. The Hall–Kier alpha value is -3.28. The topological polar surface area (TPSA) is 56.8 Å². The van der Waals surface area contributed by atoms with E-state index in [2.05, 4.69) is 66.7 Å². The zero-order valence-corrected chi connectivity index (χ0v) is 16.9. The van der Waals surface area contributed by atoms with Gasteiger partial charge in [-0.1, -0.05) is 0 Å². The molecule has 144 valence electrons. The quantitative estimate of drug-likeness (QED) is 0.593. The second-order valence-electron chi connectivity index (χ2n) is 7.41. The highest BCUT2D eigenvalue weighted by Crippen LogP contribution is 2.21. The van der Waals surface area contributed by atoms with Gasteiger partial charge in [-0.15, -0.1) is 0 Å². The van der Waals surface area contributed by atoms with Crippen LogP contribution in [0.1, 0.15) is 22.5 Å². The average Bonchev–Trinajstić information content (AvgIpc) is 3.12. The fraction of sp³-hybridized carbons (Fsp3) is 0.273. The highest BCUT2D eigenvalue weighted by Gasteiger charge is 2.11. The van der Waals surface area contributed by atoms with Crippen molar-refractivity contribution in [3.8, 4) is 5.69 Å². The van der Waals surface area contributed by atoms with Crippen LogP contribution in [0.4, 0.5) is 5.69 Å². The maximum absolute atomic E-state index is 12.2. The van der Waals surface area contributed by atoms with E-state index in [9.17, 15) is 4.79 Å². The van der Waals surface area contributed by atoms with Crippen LogP contribution in [0, 0.1) is 20.8 Å². The van der Waals surface area contributed by atoms with Crippen molar-refractivity contribution in [2.75, 3.05) is 5.32 Å². The van der Waals surface area contributed by atoms with Crippen molar-refractivity contribution in [2.45, 2.75) is 27.3 Å². The molecule has 0 aliphatic heterocycles. The minimum Gasteiger partial charge on any atom is -0.381 e. The van der Waals surface area contributed by atoms with Crippen molar-refractivity contribution >= 4 is 16.7 Å². The molecule has 2 aromatic heterocycles. The first-order chi connectivity index (χ1) is 13.3. The normalized spacial score (nSPS) is 11.3. The molecule has 0 saturated heterocycles. The van der Waals surface area contributed by atoms with Crippen LogP contribution in [-0.2, 0) is 20.6 Å². The Morgan fingerprint density at radius 2 is 1.57 bits per heavy atom. The second-order valence-corrected chi connectivity index (χ2v) is 7.41. The van der Waals surface area contributed by atoms with Gasteiger partial charge in [-0.25, -0.2) is 9.48 Å². The van der Waals surface area contributed by atoms with Crippen LogP contribution in [0.2, 0.25) is 0 Å². The lowest BCUT2D eigenvalue weighted by atomic mass is 10.1. The first-order valence-corrected chi connectivity index (χ1v) is 9.37. The van der Waals surface area contributed by atoms with Gasteiger partial charge in [-0.2, -0.15) is 5.10 Å². The van der Waals surface area contributed by atoms with Gasteiger partial charge in [0.05, 0.1) is 22.4 Å². The SMILES string of the molecule is Cc1cc(C)n(-c2ccc(NCc3cc4c(cc3C)n(C)c(=O)n4C)cc2)n1. The predicted octanol–water partition coefficient (Wildman–Crippen LogP) is 3.60. The van der Waals surface area contributed by atoms with E-state index in [0.717, 1.165) is 33.8 Å². The van der Waals surface area contributed by atoms with Crippen LogP contribution in [0.5, 0.6) is 0 Å². The Bertz CT molecular complexity index is 1220. The molecule has 2 heterocycles. The van der Waals surface area contributed by atoms with Crippen LogP contribution in [0.15, 0.2) is 47.3 Å². The van der Waals surface area contributed by atoms with Gasteiger partial charge in [-0.3, -0.25) is 9.13 Å². The summed E-state index contributed by atoms with van der Waals surface area (Å²) in [5.74, 6) is 0. The summed E-state index contributed by atoms with van der Waals surface area (Å²) < 4.78 is 5.34. The second kappa shape index (κ2) is 6.71. The molecule has 0 aliphatic carbocycles. The van der Waals surface area contributed by atoms with Crippen molar-refractivity contribution in [1.82, 2.24) is 18.9 Å². The molecule has 0 aliphatic rings. The zero-order chi connectivity index (χ0) is 20.0. The number of aryl methyl sites for hydroxylation is 5. The maximum atomic E-state index is 12.2. The third-order valence-electron chi connectivity index (χ3n) is 5.33. The van der Waals surface area contributed by atoms with E-state index in [-0.39, 0.29) is 5.69 Å². The van der Waals surface area contributed by atoms with Crippen molar-refractivity contribution in [3.05, 3.63) is 75.5 Å². The number of nitrogens with zero attached hydrogens (tertiary/aromatic N) is 4. The summed E-state index contributed by atoms with van der Waals surface area (Å²) in [6.07, 6.45) is 0. The van der Waals surface area contributed by atoms with Gasteiger partial charge >= 0.3 is 5.69 Å². The van der Waals surface area contributed by atoms with Gasteiger partial charge in [0.15, 0.2) is 0 Å². The van der Waals surface area contributed by atoms with E-state index in [0.29, 0.717) is 6.54 Å². The molecular weight excluding hydrogens is 350 g/mol. The van der Waals surface area contributed by atoms with Crippen LogP contribution in [-0.4, -0.2) is 18.9 Å². The number of rotatable bonds is 4. The highest BCUT2D eigenvalue weighted by molar-refractivity contribution is 5.78. The average molecular weight is 375 g/mol. The lowest BCUT2D eigenvalue weighted by Gasteiger charge is -2.11. The lowest BCUT2D eigenvalue weighted by molar-refractivity contribution is 0.795. The molecule has 0 saturated carbocycles. The van der Waals surface area contributed by atoms with E-state index in [1.165, 1.54) is 11.1 Å². The minimum absolute atomic E-state index is 0.000695. The maximum Gasteiger partial charge on any atom is 0.328 e. The van der Waals surface area contributed by atoms with Gasteiger partial charge in [0.2, 0.25) is 0 Å². The third kappa shape index (κ3) is 3.01. The first kappa shape index (κ1) is 18.1. The number of hydrogen-bond donors (Lipinski definition) is 1. The fourth-order valence-electron chi connectivity index (χ4n) is 3.69. The molecule has 4 rings (SSSR count). The Kier molecular flexibility index (Phi) is 4.34. The van der Waals surface area contributed by atoms with Crippen molar-refractivity contribution in [1.29, 1.82) is 0 Å². The molecule has 0 spiro atoms. The standard InChI is InChI=1S/C22H25N5O/c1-14-10-20-21(26(5)22(28)25(20)4)12-17(14)13-23-18-6-8-19(9-7-18)27-16(3)11-15(2)24-27/h6-12,23H,13H2,1-5H3. The van der Waals surface area contributed by atoms with Gasteiger partial charge in [0.25, 0.3) is 0 Å². The van der Waals surface area contributed by atoms with Gasteiger partial charge in [-0.05, 0) is 74.4 Å². The minimum atomic E-state index is -0.000695.